The molecule has 0 spiro atoms. The van der Waals surface area contributed by atoms with Crippen molar-refractivity contribution in [3.8, 4) is 0 Å². The largest absolute Gasteiger partial charge is 0.352 e. The number of anilines is 1. The van der Waals surface area contributed by atoms with Gasteiger partial charge in [-0.15, -0.1) is 0 Å². The van der Waals surface area contributed by atoms with Gasteiger partial charge in [0, 0.05) is 17.6 Å². The van der Waals surface area contributed by atoms with Gasteiger partial charge in [-0.25, -0.2) is 8.42 Å². The first-order valence-electron chi connectivity index (χ1n) is 14.2. The van der Waals surface area contributed by atoms with Crippen molar-refractivity contribution in [1.29, 1.82) is 0 Å². The van der Waals surface area contributed by atoms with E-state index in [0.29, 0.717) is 17.1 Å². The molecule has 1 aliphatic carbocycles. The molecule has 0 heterocycles. The van der Waals surface area contributed by atoms with Crippen LogP contribution in [0.25, 0.3) is 0 Å². The molecule has 218 valence electrons. The molecule has 0 aliphatic heterocycles. The third-order valence-corrected chi connectivity index (χ3v) is 9.54. The zero-order chi connectivity index (χ0) is 29.4. The fourth-order valence-corrected chi connectivity index (χ4v) is 6.82. The van der Waals surface area contributed by atoms with Crippen LogP contribution in [0.1, 0.15) is 56.6 Å². The van der Waals surface area contributed by atoms with Crippen LogP contribution in [-0.2, 0) is 26.2 Å². The summed E-state index contributed by atoms with van der Waals surface area (Å²) in [7, 11) is -4.14. The predicted octanol–water partition coefficient (Wildman–Crippen LogP) is 6.10. The molecule has 3 aromatic rings. The molecule has 1 atom stereocenters. The Balaban J connectivity index is 1.69. The van der Waals surface area contributed by atoms with Gasteiger partial charge in [-0.2, -0.15) is 0 Å². The Labute approximate surface area is 248 Å². The average Bonchev–Trinajstić information content (AvgIpc) is 2.97. The maximum absolute atomic E-state index is 14.2. The normalized spacial score (nSPS) is 14.7. The zero-order valence-electron chi connectivity index (χ0n) is 23.6. The van der Waals surface area contributed by atoms with E-state index >= 15 is 0 Å². The van der Waals surface area contributed by atoms with Crippen molar-refractivity contribution >= 4 is 39.1 Å². The van der Waals surface area contributed by atoms with Crippen molar-refractivity contribution in [2.24, 2.45) is 0 Å². The standard InChI is InChI=1S/C32H38ClN3O4S/c1-3-30(32(38)34-27-14-8-5-9-15-27)35(22-25-12-6-4-7-13-25)31(37)23-36(28-16-10-11-24(2)21-28)41(39,40)29-19-17-26(33)18-20-29/h4,6-7,10-13,16-21,27,30H,3,5,8-9,14-15,22-23H2,1-2H3,(H,34,38)/t30-/m1/s1. The number of amides is 2. The SMILES string of the molecule is CC[C@H](C(=O)NC1CCCCC1)N(Cc1ccccc1)C(=O)CN(c1cccc(C)c1)S(=O)(=O)c1ccc(Cl)cc1. The molecule has 1 aliphatic rings. The van der Waals surface area contributed by atoms with Crippen LogP contribution in [0, 0.1) is 6.92 Å². The highest BCUT2D eigenvalue weighted by Gasteiger charge is 2.34. The number of hydrogen-bond acceptors (Lipinski definition) is 4. The Morgan fingerprint density at radius 3 is 2.27 bits per heavy atom. The van der Waals surface area contributed by atoms with E-state index in [1.54, 1.807) is 18.2 Å². The first kappa shape index (κ1) is 30.6. The van der Waals surface area contributed by atoms with Gasteiger partial charge in [-0.05, 0) is 73.7 Å². The van der Waals surface area contributed by atoms with Crippen LogP contribution in [0.5, 0.6) is 0 Å². The molecule has 1 fully saturated rings. The van der Waals surface area contributed by atoms with E-state index in [1.165, 1.54) is 35.6 Å². The quantitative estimate of drug-likeness (QED) is 0.290. The van der Waals surface area contributed by atoms with Gasteiger partial charge in [-0.1, -0.05) is 80.3 Å². The maximum Gasteiger partial charge on any atom is 0.264 e. The second-order valence-corrected chi connectivity index (χ2v) is 12.9. The second kappa shape index (κ2) is 14.0. The molecule has 3 aromatic carbocycles. The van der Waals surface area contributed by atoms with Crippen LogP contribution in [0.4, 0.5) is 5.69 Å². The Morgan fingerprint density at radius 2 is 1.63 bits per heavy atom. The minimum Gasteiger partial charge on any atom is -0.352 e. The smallest absolute Gasteiger partial charge is 0.264 e. The van der Waals surface area contributed by atoms with Crippen molar-refractivity contribution in [3.05, 3.63) is 95.0 Å². The molecular formula is C32H38ClN3O4S. The molecular weight excluding hydrogens is 558 g/mol. The van der Waals surface area contributed by atoms with Gasteiger partial charge >= 0.3 is 0 Å². The van der Waals surface area contributed by atoms with Gasteiger partial charge in [0.15, 0.2) is 0 Å². The lowest BCUT2D eigenvalue weighted by molar-refractivity contribution is -0.140. The number of aryl methyl sites for hydroxylation is 1. The Hall–Kier alpha value is -3.36. The molecule has 4 rings (SSSR count). The Kier molecular flexibility index (Phi) is 10.5. The summed E-state index contributed by atoms with van der Waals surface area (Å²) < 4.78 is 29.0. The van der Waals surface area contributed by atoms with E-state index in [0.717, 1.165) is 41.1 Å². The molecule has 0 saturated heterocycles. The number of hydrogen-bond donors (Lipinski definition) is 1. The highest BCUT2D eigenvalue weighted by Crippen LogP contribution is 2.27. The molecule has 1 saturated carbocycles. The Bertz CT molecular complexity index is 1420. The third kappa shape index (κ3) is 7.89. The first-order chi connectivity index (χ1) is 19.7. The molecule has 0 bridgehead atoms. The van der Waals surface area contributed by atoms with Gasteiger partial charge in [-0.3, -0.25) is 13.9 Å². The van der Waals surface area contributed by atoms with Crippen molar-refractivity contribution in [2.45, 2.75) is 75.9 Å². The van der Waals surface area contributed by atoms with Crippen LogP contribution in [0.3, 0.4) is 0 Å². The summed E-state index contributed by atoms with van der Waals surface area (Å²) in [5, 5.41) is 3.58. The third-order valence-electron chi connectivity index (χ3n) is 7.50. The van der Waals surface area contributed by atoms with E-state index in [2.05, 4.69) is 5.32 Å². The molecule has 0 aromatic heterocycles. The topological polar surface area (TPSA) is 86.8 Å². The number of carbonyl (C=O) groups is 2. The lowest BCUT2D eigenvalue weighted by atomic mass is 9.95. The van der Waals surface area contributed by atoms with Crippen LogP contribution in [0.2, 0.25) is 5.02 Å². The molecule has 0 unspecified atom stereocenters. The number of carbonyl (C=O) groups excluding carboxylic acids is 2. The van der Waals surface area contributed by atoms with Crippen LogP contribution in [-0.4, -0.2) is 43.8 Å². The number of sulfonamides is 1. The number of nitrogens with zero attached hydrogens (tertiary/aromatic N) is 2. The highest BCUT2D eigenvalue weighted by atomic mass is 35.5. The summed E-state index contributed by atoms with van der Waals surface area (Å²) >= 11 is 6.03. The van der Waals surface area contributed by atoms with E-state index in [-0.39, 0.29) is 23.4 Å². The minimum atomic E-state index is -4.14. The highest BCUT2D eigenvalue weighted by molar-refractivity contribution is 7.92. The summed E-state index contributed by atoms with van der Waals surface area (Å²) in [5.74, 6) is -0.662. The van der Waals surface area contributed by atoms with Crippen molar-refractivity contribution in [3.63, 3.8) is 0 Å². The minimum absolute atomic E-state index is 0.0212. The van der Waals surface area contributed by atoms with Gasteiger partial charge in [0.2, 0.25) is 11.8 Å². The summed E-state index contributed by atoms with van der Waals surface area (Å²) in [5.41, 5.74) is 2.07. The summed E-state index contributed by atoms with van der Waals surface area (Å²) in [4.78, 5) is 29.3. The Morgan fingerprint density at radius 1 is 0.951 bits per heavy atom. The number of benzene rings is 3. The molecule has 1 N–H and O–H groups in total. The first-order valence-corrected chi connectivity index (χ1v) is 16.0. The lowest BCUT2D eigenvalue weighted by Crippen LogP contribution is -2.54. The summed E-state index contributed by atoms with van der Waals surface area (Å²) in [6, 6.07) is 21.7. The summed E-state index contributed by atoms with van der Waals surface area (Å²) in [6.45, 7) is 3.45. The van der Waals surface area contributed by atoms with Crippen molar-refractivity contribution in [1.82, 2.24) is 10.2 Å². The van der Waals surface area contributed by atoms with E-state index in [4.69, 9.17) is 11.6 Å². The zero-order valence-corrected chi connectivity index (χ0v) is 25.2. The number of nitrogens with one attached hydrogen (secondary N) is 1. The fraction of sp³-hybridized carbons (Fsp3) is 0.375. The van der Waals surface area contributed by atoms with Crippen LogP contribution < -0.4 is 9.62 Å². The van der Waals surface area contributed by atoms with Crippen LogP contribution in [0.15, 0.2) is 83.8 Å². The molecule has 0 radical (unpaired) electrons. The van der Waals surface area contributed by atoms with Gasteiger partial charge in [0.1, 0.15) is 12.6 Å². The van der Waals surface area contributed by atoms with Crippen molar-refractivity contribution < 1.29 is 18.0 Å². The number of halogens is 1. The lowest BCUT2D eigenvalue weighted by Gasteiger charge is -2.34. The van der Waals surface area contributed by atoms with E-state index in [1.807, 2.05) is 50.2 Å². The number of rotatable bonds is 11. The summed E-state index contributed by atoms with van der Waals surface area (Å²) in [6.07, 6.45) is 5.56. The second-order valence-electron chi connectivity index (χ2n) is 10.6. The molecule has 2 amide bonds. The molecule has 7 nitrogen and oxygen atoms in total. The van der Waals surface area contributed by atoms with Gasteiger partial charge in [0.05, 0.1) is 10.6 Å². The fourth-order valence-electron chi connectivity index (χ4n) is 5.29. The molecule has 41 heavy (non-hydrogen) atoms. The van der Waals surface area contributed by atoms with Gasteiger partial charge in [0.25, 0.3) is 10.0 Å². The van der Waals surface area contributed by atoms with Crippen molar-refractivity contribution in [2.75, 3.05) is 10.8 Å². The predicted molar refractivity (Wildman–Crippen MR) is 163 cm³/mol. The van der Waals surface area contributed by atoms with E-state index in [9.17, 15) is 18.0 Å². The van der Waals surface area contributed by atoms with Gasteiger partial charge < -0.3 is 10.2 Å². The average molecular weight is 596 g/mol. The van der Waals surface area contributed by atoms with Crippen LogP contribution >= 0.6 is 11.6 Å². The monoisotopic (exact) mass is 595 g/mol. The van der Waals surface area contributed by atoms with E-state index < -0.39 is 28.5 Å². The molecule has 9 heteroatoms. The maximum atomic E-state index is 14.2.